The minimum Gasteiger partial charge on any atom is -0.391 e. The second kappa shape index (κ2) is 6.86. The molecule has 0 bridgehead atoms. The molecule has 2 unspecified atom stereocenters. The molecule has 4 N–H and O–H groups in total. The minimum atomic E-state index is -0.976. The van der Waals surface area contributed by atoms with Gasteiger partial charge in [0.05, 0.1) is 24.5 Å². The molecule has 1 fully saturated rings. The van der Waals surface area contributed by atoms with E-state index >= 15 is 0 Å². The maximum atomic E-state index is 13.9. The van der Waals surface area contributed by atoms with E-state index in [1.807, 2.05) is 14.0 Å². The Morgan fingerprint density at radius 3 is 2.88 bits per heavy atom. The summed E-state index contributed by atoms with van der Waals surface area (Å²) < 4.78 is 15.7. The molecule has 0 saturated carbocycles. The third kappa shape index (κ3) is 3.27. The highest BCUT2D eigenvalue weighted by Gasteiger charge is 2.28. The molecule has 0 aromatic carbocycles. The Balaban J connectivity index is 1.94. The lowest BCUT2D eigenvalue weighted by Crippen LogP contribution is -2.32. The van der Waals surface area contributed by atoms with Crippen molar-refractivity contribution in [3.05, 3.63) is 6.33 Å². The van der Waals surface area contributed by atoms with Gasteiger partial charge in [-0.2, -0.15) is 9.97 Å². The average molecular weight is 337 g/mol. The van der Waals surface area contributed by atoms with E-state index in [9.17, 15) is 9.50 Å². The first kappa shape index (κ1) is 16.8. The summed E-state index contributed by atoms with van der Waals surface area (Å²) in [6, 6.07) is -0.512. The van der Waals surface area contributed by atoms with Gasteiger partial charge in [-0.15, -0.1) is 0 Å². The van der Waals surface area contributed by atoms with Crippen LogP contribution in [0.3, 0.4) is 0 Å². The number of nitrogens with zero attached hydrogens (tertiary/aromatic N) is 4. The first-order valence-corrected chi connectivity index (χ1v) is 8.24. The number of fused-ring (bicyclic) bond motifs is 1. The molecule has 132 valence electrons. The van der Waals surface area contributed by atoms with Gasteiger partial charge in [0, 0.05) is 20.1 Å². The van der Waals surface area contributed by atoms with Crippen molar-refractivity contribution in [2.45, 2.75) is 44.6 Å². The van der Waals surface area contributed by atoms with Gasteiger partial charge in [0.25, 0.3) is 0 Å². The van der Waals surface area contributed by atoms with Gasteiger partial charge in [0.1, 0.15) is 6.17 Å². The van der Waals surface area contributed by atoms with Gasteiger partial charge in [0.2, 0.25) is 5.95 Å². The highest BCUT2D eigenvalue weighted by molar-refractivity contribution is 5.84. The van der Waals surface area contributed by atoms with Crippen LogP contribution in [-0.2, 0) is 7.05 Å². The molecular weight excluding hydrogens is 313 g/mol. The van der Waals surface area contributed by atoms with E-state index in [0.29, 0.717) is 36.0 Å². The molecule has 3 rings (SSSR count). The Morgan fingerprint density at radius 2 is 2.25 bits per heavy atom. The maximum Gasteiger partial charge on any atom is 0.227 e. The van der Waals surface area contributed by atoms with E-state index in [1.54, 1.807) is 17.8 Å². The monoisotopic (exact) mass is 337 g/mol. The van der Waals surface area contributed by atoms with Crippen LogP contribution in [0.25, 0.3) is 11.2 Å². The van der Waals surface area contributed by atoms with E-state index < -0.39 is 12.3 Å². The number of anilines is 2. The van der Waals surface area contributed by atoms with Gasteiger partial charge < -0.3 is 25.6 Å². The smallest absolute Gasteiger partial charge is 0.227 e. The fourth-order valence-corrected chi connectivity index (χ4v) is 2.87. The summed E-state index contributed by atoms with van der Waals surface area (Å²) in [6.45, 7) is 4.57. The van der Waals surface area contributed by atoms with E-state index in [1.165, 1.54) is 0 Å². The zero-order valence-corrected chi connectivity index (χ0v) is 14.1. The third-order valence-electron chi connectivity index (χ3n) is 4.36. The average Bonchev–Trinajstić information content (AvgIpc) is 3.12. The molecule has 2 aromatic rings. The summed E-state index contributed by atoms with van der Waals surface area (Å²) in [5.74, 6) is 0.891. The van der Waals surface area contributed by atoms with Gasteiger partial charge in [-0.3, -0.25) is 0 Å². The third-order valence-corrected chi connectivity index (χ3v) is 4.36. The number of aliphatic hydroxyl groups excluding tert-OH is 1. The summed E-state index contributed by atoms with van der Waals surface area (Å²) in [6.07, 6.45) is 0.870. The molecule has 4 atom stereocenters. The van der Waals surface area contributed by atoms with Gasteiger partial charge in [-0.05, 0) is 13.3 Å². The summed E-state index contributed by atoms with van der Waals surface area (Å²) in [4.78, 5) is 13.3. The molecular formula is C15H24FN7O. The number of aryl methyl sites for hydroxylation is 1. The molecule has 0 amide bonds. The normalized spacial score (nSPS) is 23.4. The molecule has 0 radical (unpaired) electrons. The van der Waals surface area contributed by atoms with Gasteiger partial charge in [0.15, 0.2) is 17.0 Å². The fourth-order valence-electron chi connectivity index (χ4n) is 2.87. The molecule has 1 aliphatic heterocycles. The summed E-state index contributed by atoms with van der Waals surface area (Å²) in [7, 11) is 1.84. The van der Waals surface area contributed by atoms with Crippen LogP contribution < -0.4 is 16.0 Å². The first-order chi connectivity index (χ1) is 11.5. The second-order valence-electron chi connectivity index (χ2n) is 6.25. The molecule has 8 nitrogen and oxygen atoms in total. The molecule has 0 aliphatic carbocycles. The molecule has 3 heterocycles. The van der Waals surface area contributed by atoms with E-state index in [0.717, 1.165) is 6.42 Å². The van der Waals surface area contributed by atoms with E-state index in [-0.39, 0.29) is 12.1 Å². The maximum absolute atomic E-state index is 13.9. The van der Waals surface area contributed by atoms with Crippen molar-refractivity contribution in [2.75, 3.05) is 23.7 Å². The summed E-state index contributed by atoms with van der Waals surface area (Å²) in [5.41, 5.74) is 1.25. The standard InChI is InChI=1S/C15H24FN7O/c1-4-10(8(2)24)20-15-21-13(19-11-6-17-5-9(11)16)12-14(22-15)23(3)7-18-12/h7-11,17,24H,4-6H2,1-3H3,(H2,19,20,21,22)/t8-,9?,10+,11?/m1/s1. The topological polar surface area (TPSA) is 99.9 Å². The largest absolute Gasteiger partial charge is 0.391 e. The Labute approximate surface area is 139 Å². The van der Waals surface area contributed by atoms with Crippen LogP contribution in [0.2, 0.25) is 0 Å². The molecule has 1 saturated heterocycles. The Hall–Kier alpha value is -2.00. The van der Waals surface area contributed by atoms with Crippen LogP contribution in [0.15, 0.2) is 6.33 Å². The van der Waals surface area contributed by atoms with Crippen molar-refractivity contribution in [2.24, 2.45) is 7.05 Å². The lowest BCUT2D eigenvalue weighted by atomic mass is 10.1. The molecule has 0 spiro atoms. The summed E-state index contributed by atoms with van der Waals surface area (Å²) >= 11 is 0. The van der Waals surface area contributed by atoms with Crippen molar-refractivity contribution in [3.63, 3.8) is 0 Å². The second-order valence-corrected chi connectivity index (χ2v) is 6.25. The van der Waals surface area contributed by atoms with Gasteiger partial charge >= 0.3 is 0 Å². The lowest BCUT2D eigenvalue weighted by molar-refractivity contribution is 0.169. The Morgan fingerprint density at radius 1 is 1.46 bits per heavy atom. The minimum absolute atomic E-state index is 0.161. The molecule has 9 heteroatoms. The van der Waals surface area contributed by atoms with Crippen LogP contribution >= 0.6 is 0 Å². The van der Waals surface area contributed by atoms with Crippen molar-refractivity contribution < 1.29 is 9.50 Å². The first-order valence-electron chi connectivity index (χ1n) is 8.24. The SMILES string of the molecule is CC[C@H](Nc1nc(NC2CNCC2F)c2ncn(C)c2n1)[C@@H](C)O. The number of nitrogens with one attached hydrogen (secondary N) is 3. The van der Waals surface area contributed by atoms with Gasteiger partial charge in [-0.1, -0.05) is 6.92 Å². The van der Waals surface area contributed by atoms with E-state index in [2.05, 4.69) is 30.9 Å². The molecule has 2 aromatic heterocycles. The molecule has 1 aliphatic rings. The van der Waals surface area contributed by atoms with Crippen LogP contribution in [-0.4, -0.2) is 62.1 Å². The number of imidazole rings is 1. The fraction of sp³-hybridized carbons (Fsp3) is 0.667. The zero-order chi connectivity index (χ0) is 17.3. The van der Waals surface area contributed by atoms with Crippen molar-refractivity contribution in [1.82, 2.24) is 24.8 Å². The predicted molar refractivity (Wildman–Crippen MR) is 90.9 cm³/mol. The zero-order valence-electron chi connectivity index (χ0n) is 14.1. The van der Waals surface area contributed by atoms with Crippen LogP contribution in [0.5, 0.6) is 0 Å². The number of aromatic nitrogens is 4. The van der Waals surface area contributed by atoms with Gasteiger partial charge in [-0.25, -0.2) is 9.37 Å². The Bertz CT molecular complexity index is 704. The lowest BCUT2D eigenvalue weighted by Gasteiger charge is -2.21. The van der Waals surface area contributed by atoms with Crippen molar-refractivity contribution in [1.29, 1.82) is 0 Å². The van der Waals surface area contributed by atoms with E-state index in [4.69, 9.17) is 0 Å². The Kier molecular flexibility index (Phi) is 4.81. The number of hydrogen-bond donors (Lipinski definition) is 4. The van der Waals surface area contributed by atoms with Crippen LogP contribution in [0, 0.1) is 0 Å². The number of aliphatic hydroxyl groups is 1. The van der Waals surface area contributed by atoms with Crippen molar-refractivity contribution >= 4 is 22.9 Å². The highest BCUT2D eigenvalue weighted by Crippen LogP contribution is 2.23. The van der Waals surface area contributed by atoms with Crippen LogP contribution in [0.4, 0.5) is 16.2 Å². The quantitative estimate of drug-likeness (QED) is 0.614. The number of hydrogen-bond acceptors (Lipinski definition) is 7. The number of halogens is 1. The highest BCUT2D eigenvalue weighted by atomic mass is 19.1. The number of rotatable bonds is 6. The molecule has 24 heavy (non-hydrogen) atoms. The van der Waals surface area contributed by atoms with Crippen molar-refractivity contribution in [3.8, 4) is 0 Å². The summed E-state index contributed by atoms with van der Waals surface area (Å²) in [5, 5.41) is 19.1. The number of alkyl halides is 1. The predicted octanol–water partition coefficient (Wildman–Crippen LogP) is 0.656. The van der Waals surface area contributed by atoms with Crippen LogP contribution in [0.1, 0.15) is 20.3 Å².